The van der Waals surface area contributed by atoms with Gasteiger partial charge in [-0.1, -0.05) is 19.1 Å². The molecule has 2 aliphatic rings. The highest BCUT2D eigenvalue weighted by Gasteiger charge is 2.37. The summed E-state index contributed by atoms with van der Waals surface area (Å²) in [6.45, 7) is 3.00. The number of hydrogen-bond donors (Lipinski definition) is 0. The van der Waals surface area contributed by atoms with Crippen LogP contribution in [0.25, 0.3) is 0 Å². The van der Waals surface area contributed by atoms with Crippen molar-refractivity contribution in [1.82, 2.24) is 9.80 Å². The van der Waals surface area contributed by atoms with E-state index in [2.05, 4.69) is 11.4 Å². The van der Waals surface area contributed by atoms with Gasteiger partial charge in [-0.15, -0.1) is 11.3 Å². The first kappa shape index (κ1) is 20.7. The fourth-order valence-electron chi connectivity index (χ4n) is 4.03. The number of carbonyl (C=O) groups is 2. The Labute approximate surface area is 181 Å². The van der Waals surface area contributed by atoms with Crippen LogP contribution in [0.15, 0.2) is 35.7 Å². The minimum Gasteiger partial charge on any atom is -0.493 e. The van der Waals surface area contributed by atoms with Gasteiger partial charge in [-0.2, -0.15) is 0 Å². The van der Waals surface area contributed by atoms with Gasteiger partial charge in [-0.25, -0.2) is 0 Å². The molecule has 4 rings (SSSR count). The number of fused-ring (bicyclic) bond motifs is 1. The third-order valence-electron chi connectivity index (χ3n) is 5.80. The summed E-state index contributed by atoms with van der Waals surface area (Å²) in [6.07, 6.45) is 3.26. The summed E-state index contributed by atoms with van der Waals surface area (Å²) >= 11 is 1.73. The lowest BCUT2D eigenvalue weighted by Gasteiger charge is -2.37. The molecule has 30 heavy (non-hydrogen) atoms. The van der Waals surface area contributed by atoms with Gasteiger partial charge in [0, 0.05) is 23.9 Å². The number of para-hydroxylation sites is 2. The molecule has 0 saturated heterocycles. The van der Waals surface area contributed by atoms with Crippen LogP contribution in [-0.2, 0) is 16.0 Å². The molecule has 2 aromatic rings. The quantitative estimate of drug-likeness (QED) is 0.644. The van der Waals surface area contributed by atoms with E-state index in [4.69, 9.17) is 9.47 Å². The van der Waals surface area contributed by atoms with Gasteiger partial charge < -0.3 is 19.3 Å². The molecule has 0 spiro atoms. The Balaban J connectivity index is 1.52. The molecule has 1 aromatic carbocycles. The molecule has 2 amide bonds. The smallest absolute Gasteiger partial charge is 0.242 e. The van der Waals surface area contributed by atoms with Gasteiger partial charge in [0.2, 0.25) is 11.8 Å². The molecule has 1 saturated carbocycles. The lowest BCUT2D eigenvalue weighted by Crippen LogP contribution is -2.48. The van der Waals surface area contributed by atoms with Gasteiger partial charge >= 0.3 is 0 Å². The molecule has 6 nitrogen and oxygen atoms in total. The largest absolute Gasteiger partial charge is 0.493 e. The van der Waals surface area contributed by atoms with E-state index < -0.39 is 0 Å². The molecule has 7 heteroatoms. The Bertz CT molecular complexity index is 908. The molecule has 2 heterocycles. The maximum Gasteiger partial charge on any atom is 0.242 e. The second-order valence-corrected chi connectivity index (χ2v) is 8.72. The molecule has 0 bridgehead atoms. The highest BCUT2D eigenvalue weighted by Crippen LogP contribution is 2.36. The maximum absolute atomic E-state index is 13.3. The second kappa shape index (κ2) is 9.08. The fraction of sp³-hybridized carbons (Fsp3) is 0.478. The number of carbonyl (C=O) groups excluding carboxylic acids is 2. The lowest BCUT2D eigenvalue weighted by atomic mass is 10.0. The highest BCUT2D eigenvalue weighted by atomic mass is 32.1. The average Bonchev–Trinajstić information content (AvgIpc) is 3.50. The van der Waals surface area contributed by atoms with Gasteiger partial charge in [0.25, 0.3) is 0 Å². The van der Waals surface area contributed by atoms with Crippen molar-refractivity contribution in [3.8, 4) is 11.5 Å². The van der Waals surface area contributed by atoms with Crippen molar-refractivity contribution in [2.75, 3.05) is 26.8 Å². The van der Waals surface area contributed by atoms with Crippen LogP contribution in [-0.4, -0.2) is 54.5 Å². The van der Waals surface area contributed by atoms with Gasteiger partial charge in [0.05, 0.1) is 13.2 Å². The van der Waals surface area contributed by atoms with Crippen LogP contribution in [0.4, 0.5) is 0 Å². The lowest BCUT2D eigenvalue weighted by molar-refractivity contribution is -0.143. The van der Waals surface area contributed by atoms with Gasteiger partial charge in [-0.3, -0.25) is 9.59 Å². The molecule has 0 N–H and O–H groups in total. The fourth-order valence-corrected chi connectivity index (χ4v) is 4.96. The number of amides is 2. The number of nitrogens with zero attached hydrogens (tertiary/aromatic N) is 2. The number of thiophene rings is 1. The Hall–Kier alpha value is -2.54. The van der Waals surface area contributed by atoms with E-state index >= 15 is 0 Å². The van der Waals surface area contributed by atoms with E-state index in [0.717, 1.165) is 24.8 Å². The highest BCUT2D eigenvalue weighted by molar-refractivity contribution is 7.10. The van der Waals surface area contributed by atoms with Crippen molar-refractivity contribution in [2.45, 2.75) is 44.7 Å². The van der Waals surface area contributed by atoms with E-state index in [0.29, 0.717) is 31.1 Å². The van der Waals surface area contributed by atoms with Gasteiger partial charge in [-0.05, 0) is 48.4 Å². The average molecular weight is 429 g/mol. The normalized spacial score (nSPS) is 17.9. The zero-order valence-electron chi connectivity index (χ0n) is 17.5. The van der Waals surface area contributed by atoms with Crippen molar-refractivity contribution in [1.29, 1.82) is 0 Å². The van der Waals surface area contributed by atoms with Crippen LogP contribution in [0, 0.1) is 0 Å². The SMILES string of the molecule is CCC(=O)N(CC(=O)N1CCc2sccc2[C@@H]1COc1ccccc1OC)C1CC1. The zero-order valence-corrected chi connectivity index (χ0v) is 18.3. The van der Waals surface area contributed by atoms with Crippen LogP contribution in [0.5, 0.6) is 11.5 Å². The van der Waals surface area contributed by atoms with Crippen LogP contribution in [0.1, 0.15) is 42.7 Å². The van der Waals surface area contributed by atoms with Crippen LogP contribution >= 0.6 is 11.3 Å². The number of hydrogen-bond acceptors (Lipinski definition) is 5. The van der Waals surface area contributed by atoms with Gasteiger partial charge in [0.15, 0.2) is 11.5 Å². The van der Waals surface area contributed by atoms with Crippen molar-refractivity contribution in [3.63, 3.8) is 0 Å². The molecule has 0 radical (unpaired) electrons. The molecule has 160 valence electrons. The summed E-state index contributed by atoms with van der Waals surface area (Å²) in [4.78, 5) is 30.6. The minimum absolute atomic E-state index is 0.00539. The molecular weight excluding hydrogens is 400 g/mol. The van der Waals surface area contributed by atoms with Crippen molar-refractivity contribution < 1.29 is 19.1 Å². The van der Waals surface area contributed by atoms with Gasteiger partial charge in [0.1, 0.15) is 13.2 Å². The molecule has 1 aliphatic carbocycles. The van der Waals surface area contributed by atoms with E-state index in [-0.39, 0.29) is 30.4 Å². The second-order valence-electron chi connectivity index (χ2n) is 7.72. The van der Waals surface area contributed by atoms with E-state index in [1.165, 1.54) is 4.88 Å². The Morgan fingerprint density at radius 1 is 1.20 bits per heavy atom. The summed E-state index contributed by atoms with van der Waals surface area (Å²) < 4.78 is 11.5. The molecular formula is C23H28N2O4S. The molecule has 0 unspecified atom stereocenters. The monoisotopic (exact) mass is 428 g/mol. The minimum atomic E-state index is -0.171. The maximum atomic E-state index is 13.3. The van der Waals surface area contributed by atoms with Crippen LogP contribution < -0.4 is 9.47 Å². The first-order valence-corrected chi connectivity index (χ1v) is 11.4. The Kier molecular flexibility index (Phi) is 6.27. The predicted molar refractivity (Wildman–Crippen MR) is 116 cm³/mol. The third kappa shape index (κ3) is 4.31. The number of methoxy groups -OCH3 is 1. The summed E-state index contributed by atoms with van der Waals surface area (Å²) in [5.74, 6) is 1.38. The predicted octanol–water partition coefficient (Wildman–Crippen LogP) is 3.66. The van der Waals surface area contributed by atoms with E-state index in [1.54, 1.807) is 23.3 Å². The number of rotatable bonds is 8. The van der Waals surface area contributed by atoms with Crippen molar-refractivity contribution >= 4 is 23.2 Å². The standard InChI is InChI=1S/C23H28N2O4S/c1-3-22(26)25(16-8-9-16)14-23(27)24-12-10-21-17(11-13-30-21)18(24)15-29-20-7-5-4-6-19(20)28-2/h4-7,11,13,16,18H,3,8-10,12,14-15H2,1-2H3/t18-/m0/s1. The molecule has 1 aromatic heterocycles. The molecule has 1 aliphatic heterocycles. The van der Waals surface area contributed by atoms with Crippen molar-refractivity contribution in [2.24, 2.45) is 0 Å². The first-order valence-electron chi connectivity index (χ1n) is 10.5. The molecule has 1 atom stereocenters. The van der Waals surface area contributed by atoms with Crippen molar-refractivity contribution in [3.05, 3.63) is 46.2 Å². The topological polar surface area (TPSA) is 59.1 Å². The first-order chi connectivity index (χ1) is 14.6. The summed E-state index contributed by atoms with van der Waals surface area (Å²) in [5, 5.41) is 2.08. The third-order valence-corrected chi connectivity index (χ3v) is 6.79. The Morgan fingerprint density at radius 2 is 1.97 bits per heavy atom. The number of ether oxygens (including phenoxy) is 2. The van der Waals surface area contributed by atoms with E-state index in [1.807, 2.05) is 36.1 Å². The van der Waals surface area contributed by atoms with Crippen LogP contribution in [0.2, 0.25) is 0 Å². The van der Waals surface area contributed by atoms with Crippen LogP contribution in [0.3, 0.4) is 0 Å². The summed E-state index contributed by atoms with van der Waals surface area (Å²) in [7, 11) is 1.62. The Morgan fingerprint density at radius 3 is 2.67 bits per heavy atom. The summed E-state index contributed by atoms with van der Waals surface area (Å²) in [5.41, 5.74) is 1.15. The number of benzene rings is 1. The summed E-state index contributed by atoms with van der Waals surface area (Å²) in [6, 6.07) is 9.68. The zero-order chi connectivity index (χ0) is 21.1. The van der Waals surface area contributed by atoms with E-state index in [9.17, 15) is 9.59 Å². The molecule has 1 fully saturated rings.